The van der Waals surface area contributed by atoms with E-state index in [9.17, 15) is 9.59 Å². The van der Waals surface area contributed by atoms with Crippen LogP contribution in [0.1, 0.15) is 26.3 Å². The number of amides is 2. The van der Waals surface area contributed by atoms with E-state index < -0.39 is 5.97 Å². The first-order valence-corrected chi connectivity index (χ1v) is 6.74. The molecule has 0 atom stereocenters. The minimum absolute atomic E-state index is 0.0524. The van der Waals surface area contributed by atoms with Gasteiger partial charge in [-0.1, -0.05) is 17.7 Å². The molecule has 0 unspecified atom stereocenters. The number of ether oxygens (including phenoxy) is 1. The predicted octanol–water partition coefficient (Wildman–Crippen LogP) is 2.80. The van der Waals surface area contributed by atoms with Crippen molar-refractivity contribution in [2.45, 2.75) is 33.7 Å². The molecule has 0 heterocycles. The van der Waals surface area contributed by atoms with Gasteiger partial charge in [0, 0.05) is 11.7 Å². The van der Waals surface area contributed by atoms with Gasteiger partial charge in [0.2, 0.25) is 0 Å². The lowest BCUT2D eigenvalue weighted by atomic mass is 10.2. The Morgan fingerprint density at radius 2 is 1.85 bits per heavy atom. The van der Waals surface area contributed by atoms with Gasteiger partial charge in [-0.2, -0.15) is 0 Å². The highest BCUT2D eigenvalue weighted by atomic mass is 16.5. The molecule has 2 amide bonds. The van der Waals surface area contributed by atoms with Crippen LogP contribution < -0.4 is 5.32 Å². The molecule has 1 aromatic carbocycles. The van der Waals surface area contributed by atoms with Crippen molar-refractivity contribution in [3.63, 3.8) is 0 Å². The molecule has 1 aromatic rings. The molecule has 5 heteroatoms. The minimum atomic E-state index is -0.403. The van der Waals surface area contributed by atoms with Crippen molar-refractivity contribution in [1.29, 1.82) is 0 Å². The Hall–Kier alpha value is -2.04. The van der Waals surface area contributed by atoms with Gasteiger partial charge in [-0.15, -0.1) is 0 Å². The van der Waals surface area contributed by atoms with E-state index in [0.717, 1.165) is 5.56 Å². The summed E-state index contributed by atoms with van der Waals surface area (Å²) in [5.74, 6) is -0.403. The predicted molar refractivity (Wildman–Crippen MR) is 78.7 cm³/mol. The zero-order chi connectivity index (χ0) is 15.1. The van der Waals surface area contributed by atoms with Crippen molar-refractivity contribution < 1.29 is 14.3 Å². The van der Waals surface area contributed by atoms with Crippen LogP contribution in [0.2, 0.25) is 0 Å². The Kier molecular flexibility index (Phi) is 6.03. The molecular formula is C15H22N2O3. The third-order valence-electron chi connectivity index (χ3n) is 2.79. The molecule has 0 saturated heterocycles. The molecule has 110 valence electrons. The Balaban J connectivity index is 2.69. The maximum Gasteiger partial charge on any atom is 0.325 e. The van der Waals surface area contributed by atoms with Gasteiger partial charge in [0.1, 0.15) is 6.54 Å². The van der Waals surface area contributed by atoms with Gasteiger partial charge in [-0.25, -0.2) is 4.79 Å². The number of rotatable bonds is 5. The Bertz CT molecular complexity index is 455. The summed E-state index contributed by atoms with van der Waals surface area (Å²) in [7, 11) is 0. The topological polar surface area (TPSA) is 58.6 Å². The van der Waals surface area contributed by atoms with Gasteiger partial charge in [0.25, 0.3) is 0 Å². The van der Waals surface area contributed by atoms with E-state index in [-0.39, 0.29) is 18.6 Å². The van der Waals surface area contributed by atoms with E-state index in [4.69, 9.17) is 4.74 Å². The maximum absolute atomic E-state index is 12.2. The number of carbonyl (C=O) groups is 2. The average molecular weight is 278 g/mol. The van der Waals surface area contributed by atoms with E-state index in [1.54, 1.807) is 6.92 Å². The smallest absolute Gasteiger partial charge is 0.325 e. The number of nitrogens with one attached hydrogen (secondary N) is 1. The number of hydrogen-bond acceptors (Lipinski definition) is 3. The molecule has 1 N–H and O–H groups in total. The summed E-state index contributed by atoms with van der Waals surface area (Å²) in [5, 5.41) is 2.78. The zero-order valence-electron chi connectivity index (χ0n) is 12.5. The number of hydrogen-bond donors (Lipinski definition) is 1. The monoisotopic (exact) mass is 278 g/mol. The fourth-order valence-electron chi connectivity index (χ4n) is 1.67. The Labute approximate surface area is 119 Å². The second-order valence-corrected chi connectivity index (χ2v) is 4.82. The summed E-state index contributed by atoms with van der Waals surface area (Å²) < 4.78 is 4.88. The van der Waals surface area contributed by atoms with Crippen LogP contribution in [-0.4, -0.2) is 36.1 Å². The summed E-state index contributed by atoms with van der Waals surface area (Å²) in [6.07, 6.45) is 0. The number of aryl methyl sites for hydroxylation is 1. The summed E-state index contributed by atoms with van der Waals surface area (Å²) in [5.41, 5.74) is 1.82. The van der Waals surface area contributed by atoms with Crippen LogP contribution in [0.25, 0.3) is 0 Å². The first kappa shape index (κ1) is 16.0. The summed E-state index contributed by atoms with van der Waals surface area (Å²) >= 11 is 0. The van der Waals surface area contributed by atoms with Gasteiger partial charge in [-0.05, 0) is 39.8 Å². The lowest BCUT2D eigenvalue weighted by Crippen LogP contribution is -2.43. The lowest BCUT2D eigenvalue weighted by molar-refractivity contribution is -0.144. The van der Waals surface area contributed by atoms with E-state index in [1.165, 1.54) is 4.90 Å². The largest absolute Gasteiger partial charge is 0.465 e. The number of esters is 1. The first-order valence-electron chi connectivity index (χ1n) is 6.74. The van der Waals surface area contributed by atoms with Crippen LogP contribution in [-0.2, 0) is 9.53 Å². The molecule has 0 aliphatic heterocycles. The third kappa shape index (κ3) is 4.91. The molecule has 1 rings (SSSR count). The van der Waals surface area contributed by atoms with Crippen LogP contribution in [0.15, 0.2) is 24.3 Å². The fraction of sp³-hybridized carbons (Fsp3) is 0.467. The molecule has 0 bridgehead atoms. The number of carbonyl (C=O) groups excluding carboxylic acids is 2. The molecule has 20 heavy (non-hydrogen) atoms. The summed E-state index contributed by atoms with van der Waals surface area (Å²) in [4.78, 5) is 25.1. The zero-order valence-corrected chi connectivity index (χ0v) is 12.5. The second-order valence-electron chi connectivity index (χ2n) is 4.82. The quantitative estimate of drug-likeness (QED) is 0.843. The molecule has 0 saturated carbocycles. The molecule has 0 fully saturated rings. The standard InChI is InChI=1S/C15H22N2O3/c1-5-20-14(18)10-17(11(2)3)15(19)16-13-8-6-12(4)7-9-13/h6-9,11H,5,10H2,1-4H3,(H,16,19). The van der Waals surface area contributed by atoms with E-state index in [2.05, 4.69) is 5.32 Å². The van der Waals surface area contributed by atoms with Gasteiger partial charge in [0.15, 0.2) is 0 Å². The van der Waals surface area contributed by atoms with Crippen LogP contribution in [0.3, 0.4) is 0 Å². The number of anilines is 1. The molecular weight excluding hydrogens is 256 g/mol. The van der Waals surface area contributed by atoms with Gasteiger partial charge in [-0.3, -0.25) is 4.79 Å². The highest BCUT2D eigenvalue weighted by Gasteiger charge is 2.20. The van der Waals surface area contributed by atoms with E-state index in [1.807, 2.05) is 45.0 Å². The lowest BCUT2D eigenvalue weighted by Gasteiger charge is -2.25. The highest BCUT2D eigenvalue weighted by molar-refractivity contribution is 5.91. The summed E-state index contributed by atoms with van der Waals surface area (Å²) in [6.45, 7) is 7.69. The molecule has 0 aromatic heterocycles. The fourth-order valence-corrected chi connectivity index (χ4v) is 1.67. The van der Waals surface area contributed by atoms with Crippen molar-refractivity contribution in [2.75, 3.05) is 18.5 Å². The third-order valence-corrected chi connectivity index (χ3v) is 2.79. The first-order chi connectivity index (χ1) is 9.43. The second kappa shape index (κ2) is 7.53. The minimum Gasteiger partial charge on any atom is -0.465 e. The van der Waals surface area contributed by atoms with Crippen LogP contribution >= 0.6 is 0 Å². The number of urea groups is 1. The normalized spacial score (nSPS) is 10.2. The van der Waals surface area contributed by atoms with Crippen LogP contribution in [0.4, 0.5) is 10.5 Å². The summed E-state index contributed by atoms with van der Waals surface area (Å²) in [6, 6.07) is 7.09. The average Bonchev–Trinajstić information content (AvgIpc) is 2.38. The van der Waals surface area contributed by atoms with E-state index in [0.29, 0.717) is 12.3 Å². The Morgan fingerprint density at radius 3 is 2.35 bits per heavy atom. The van der Waals surface area contributed by atoms with Gasteiger partial charge < -0.3 is 15.0 Å². The van der Waals surface area contributed by atoms with Crippen LogP contribution in [0.5, 0.6) is 0 Å². The Morgan fingerprint density at radius 1 is 1.25 bits per heavy atom. The van der Waals surface area contributed by atoms with E-state index >= 15 is 0 Å². The number of benzene rings is 1. The van der Waals surface area contributed by atoms with Crippen molar-refractivity contribution in [2.24, 2.45) is 0 Å². The number of nitrogens with zero attached hydrogens (tertiary/aromatic N) is 1. The SMILES string of the molecule is CCOC(=O)CN(C(=O)Nc1ccc(C)cc1)C(C)C. The van der Waals surface area contributed by atoms with Crippen molar-refractivity contribution in [3.05, 3.63) is 29.8 Å². The van der Waals surface area contributed by atoms with Crippen molar-refractivity contribution >= 4 is 17.7 Å². The van der Waals surface area contributed by atoms with Crippen LogP contribution in [0, 0.1) is 6.92 Å². The molecule has 0 aliphatic carbocycles. The maximum atomic E-state index is 12.2. The molecule has 0 aliphatic rings. The van der Waals surface area contributed by atoms with Gasteiger partial charge in [0.05, 0.1) is 6.61 Å². The molecule has 0 spiro atoms. The van der Waals surface area contributed by atoms with Crippen molar-refractivity contribution in [1.82, 2.24) is 4.90 Å². The molecule has 5 nitrogen and oxygen atoms in total. The molecule has 0 radical (unpaired) electrons. The van der Waals surface area contributed by atoms with Gasteiger partial charge >= 0.3 is 12.0 Å². The van der Waals surface area contributed by atoms with Crippen molar-refractivity contribution in [3.8, 4) is 0 Å². The highest BCUT2D eigenvalue weighted by Crippen LogP contribution is 2.11.